The van der Waals surface area contributed by atoms with E-state index in [1.807, 2.05) is 30.3 Å². The van der Waals surface area contributed by atoms with Gasteiger partial charge in [0.25, 0.3) is 0 Å². The van der Waals surface area contributed by atoms with E-state index in [9.17, 15) is 4.79 Å². The van der Waals surface area contributed by atoms with Gasteiger partial charge in [0.15, 0.2) is 0 Å². The van der Waals surface area contributed by atoms with Gasteiger partial charge in [-0.05, 0) is 18.2 Å². The zero-order valence-corrected chi connectivity index (χ0v) is 9.49. The van der Waals surface area contributed by atoms with Crippen LogP contribution in [0.3, 0.4) is 0 Å². The number of nitrogens with one attached hydrogen (secondary N) is 1. The number of hydrogen-bond acceptors (Lipinski definition) is 2. The van der Waals surface area contributed by atoms with Gasteiger partial charge in [0, 0.05) is 17.3 Å². The van der Waals surface area contributed by atoms with Gasteiger partial charge in [-0.15, -0.1) is 0 Å². The van der Waals surface area contributed by atoms with E-state index in [-0.39, 0.29) is 5.91 Å². The number of nitrogens with zero attached hydrogens (tertiary/aromatic N) is 1. The predicted octanol–water partition coefficient (Wildman–Crippen LogP) is 2.57. The first kappa shape index (κ1) is 10.1. The van der Waals surface area contributed by atoms with Crippen LogP contribution in [0, 0.1) is 0 Å². The summed E-state index contributed by atoms with van der Waals surface area (Å²) in [6, 6.07) is 9.53. The monoisotopic (exact) mass is 264 g/mol. The zero-order chi connectivity index (χ0) is 10.7. The molecule has 0 spiro atoms. The molecule has 2 rings (SSSR count). The van der Waals surface area contributed by atoms with Crippen LogP contribution in [-0.2, 0) is 4.79 Å². The number of alkyl halides is 1. The van der Waals surface area contributed by atoms with E-state index in [0.29, 0.717) is 5.33 Å². The maximum atomic E-state index is 11.1. The molecule has 0 fully saturated rings. The Hall–Kier alpha value is -1.42. The largest absolute Gasteiger partial charge is 0.325 e. The molecule has 76 valence electrons. The third kappa shape index (κ3) is 2.33. The number of anilines is 1. The minimum Gasteiger partial charge on any atom is -0.325 e. The van der Waals surface area contributed by atoms with Crippen molar-refractivity contribution in [1.29, 1.82) is 0 Å². The maximum absolute atomic E-state index is 11.1. The zero-order valence-electron chi connectivity index (χ0n) is 7.90. The molecule has 3 nitrogen and oxygen atoms in total. The van der Waals surface area contributed by atoms with E-state index >= 15 is 0 Å². The number of halogens is 1. The fourth-order valence-corrected chi connectivity index (χ4v) is 1.48. The Morgan fingerprint density at radius 3 is 3.07 bits per heavy atom. The van der Waals surface area contributed by atoms with Gasteiger partial charge in [0.2, 0.25) is 5.91 Å². The van der Waals surface area contributed by atoms with Crippen LogP contribution in [0.4, 0.5) is 5.69 Å². The van der Waals surface area contributed by atoms with Crippen molar-refractivity contribution in [3.63, 3.8) is 0 Å². The van der Waals surface area contributed by atoms with Crippen molar-refractivity contribution in [2.75, 3.05) is 10.6 Å². The molecule has 0 bridgehead atoms. The van der Waals surface area contributed by atoms with Crippen molar-refractivity contribution >= 4 is 38.4 Å². The molecule has 1 aromatic carbocycles. The quantitative estimate of drug-likeness (QED) is 0.848. The summed E-state index contributed by atoms with van der Waals surface area (Å²) < 4.78 is 0. The smallest absolute Gasteiger partial charge is 0.235 e. The summed E-state index contributed by atoms with van der Waals surface area (Å²) in [4.78, 5) is 15.4. The van der Waals surface area contributed by atoms with Crippen LogP contribution in [0.5, 0.6) is 0 Å². The van der Waals surface area contributed by atoms with E-state index in [1.54, 1.807) is 6.20 Å². The Bertz CT molecular complexity index is 499. The third-order valence-electron chi connectivity index (χ3n) is 2.01. The van der Waals surface area contributed by atoms with E-state index in [0.717, 1.165) is 16.6 Å². The molecule has 1 heterocycles. The van der Waals surface area contributed by atoms with Crippen LogP contribution in [0.2, 0.25) is 0 Å². The normalized spacial score (nSPS) is 10.2. The van der Waals surface area contributed by atoms with Gasteiger partial charge in [-0.2, -0.15) is 0 Å². The molecule has 15 heavy (non-hydrogen) atoms. The predicted molar refractivity (Wildman–Crippen MR) is 64.2 cm³/mol. The van der Waals surface area contributed by atoms with Gasteiger partial charge in [-0.25, -0.2) is 0 Å². The van der Waals surface area contributed by atoms with Gasteiger partial charge < -0.3 is 5.32 Å². The highest BCUT2D eigenvalue weighted by Crippen LogP contribution is 2.16. The Morgan fingerprint density at radius 1 is 1.40 bits per heavy atom. The number of amides is 1. The van der Waals surface area contributed by atoms with Crippen LogP contribution in [-0.4, -0.2) is 16.2 Å². The lowest BCUT2D eigenvalue weighted by molar-refractivity contribution is -0.113. The van der Waals surface area contributed by atoms with Gasteiger partial charge in [0.1, 0.15) is 0 Å². The van der Waals surface area contributed by atoms with Gasteiger partial charge in [-0.1, -0.05) is 28.1 Å². The summed E-state index contributed by atoms with van der Waals surface area (Å²) >= 11 is 3.09. The average Bonchev–Trinajstić information content (AvgIpc) is 2.29. The molecular weight excluding hydrogens is 256 g/mol. The van der Waals surface area contributed by atoms with E-state index < -0.39 is 0 Å². The molecule has 0 unspecified atom stereocenters. The van der Waals surface area contributed by atoms with Crippen LogP contribution >= 0.6 is 15.9 Å². The van der Waals surface area contributed by atoms with Crippen LogP contribution in [0.25, 0.3) is 10.9 Å². The lowest BCUT2D eigenvalue weighted by atomic mass is 10.2. The van der Waals surface area contributed by atoms with Crippen LogP contribution < -0.4 is 5.32 Å². The number of pyridine rings is 1. The standard InChI is InChI=1S/C11H9BrN2O/c12-7-11(15)14-9-4-3-8-2-1-5-13-10(8)6-9/h1-6H,7H2,(H,14,15). The number of aromatic nitrogens is 1. The molecule has 2 aromatic rings. The van der Waals surface area contributed by atoms with Gasteiger partial charge in [0.05, 0.1) is 10.8 Å². The van der Waals surface area contributed by atoms with Crippen molar-refractivity contribution in [3.8, 4) is 0 Å². The van der Waals surface area contributed by atoms with Crippen molar-refractivity contribution in [3.05, 3.63) is 36.5 Å². The SMILES string of the molecule is O=C(CBr)Nc1ccc2cccnc2c1. The van der Waals surface area contributed by atoms with Crippen molar-refractivity contribution in [2.24, 2.45) is 0 Å². The second kappa shape index (κ2) is 4.40. The second-order valence-corrected chi connectivity index (χ2v) is 3.65. The molecule has 0 saturated carbocycles. The summed E-state index contributed by atoms with van der Waals surface area (Å²) in [6.07, 6.45) is 1.73. The second-order valence-electron chi connectivity index (χ2n) is 3.09. The summed E-state index contributed by atoms with van der Waals surface area (Å²) in [5.74, 6) is -0.0646. The number of rotatable bonds is 2. The van der Waals surface area contributed by atoms with Crippen molar-refractivity contribution < 1.29 is 4.79 Å². The molecule has 0 atom stereocenters. The fraction of sp³-hybridized carbons (Fsp3) is 0.0909. The average molecular weight is 265 g/mol. The Labute approximate surface area is 95.6 Å². The highest BCUT2D eigenvalue weighted by molar-refractivity contribution is 9.09. The van der Waals surface area contributed by atoms with E-state index in [1.165, 1.54) is 0 Å². The number of carbonyl (C=O) groups excluding carboxylic acids is 1. The van der Waals surface area contributed by atoms with Gasteiger partial charge in [-0.3, -0.25) is 9.78 Å². The van der Waals surface area contributed by atoms with E-state index in [4.69, 9.17) is 0 Å². The lowest BCUT2D eigenvalue weighted by Gasteiger charge is -2.03. The van der Waals surface area contributed by atoms with Crippen molar-refractivity contribution in [2.45, 2.75) is 0 Å². The van der Waals surface area contributed by atoms with E-state index in [2.05, 4.69) is 26.2 Å². The summed E-state index contributed by atoms with van der Waals surface area (Å²) in [5.41, 5.74) is 1.65. The number of fused-ring (bicyclic) bond motifs is 1. The molecule has 0 radical (unpaired) electrons. The van der Waals surface area contributed by atoms with Crippen molar-refractivity contribution in [1.82, 2.24) is 4.98 Å². The molecule has 1 N–H and O–H groups in total. The van der Waals surface area contributed by atoms with Gasteiger partial charge >= 0.3 is 0 Å². The minimum atomic E-state index is -0.0646. The first-order chi connectivity index (χ1) is 7.29. The minimum absolute atomic E-state index is 0.0646. The summed E-state index contributed by atoms with van der Waals surface area (Å²) in [5, 5.41) is 4.12. The third-order valence-corrected chi connectivity index (χ3v) is 2.52. The molecule has 1 aromatic heterocycles. The summed E-state index contributed by atoms with van der Waals surface area (Å²) in [6.45, 7) is 0. The number of carbonyl (C=O) groups is 1. The Morgan fingerprint density at radius 2 is 2.27 bits per heavy atom. The molecule has 4 heteroatoms. The molecule has 1 amide bonds. The lowest BCUT2D eigenvalue weighted by Crippen LogP contribution is -2.12. The molecule has 0 aliphatic rings. The fourth-order valence-electron chi connectivity index (χ4n) is 1.34. The summed E-state index contributed by atoms with van der Waals surface area (Å²) in [7, 11) is 0. The molecule has 0 saturated heterocycles. The molecule has 0 aliphatic carbocycles. The Kier molecular flexibility index (Phi) is 2.97. The number of hydrogen-bond donors (Lipinski definition) is 1. The maximum Gasteiger partial charge on any atom is 0.235 e. The van der Waals surface area contributed by atoms with Crippen LogP contribution in [0.1, 0.15) is 0 Å². The topological polar surface area (TPSA) is 42.0 Å². The number of benzene rings is 1. The van der Waals surface area contributed by atoms with Crippen LogP contribution in [0.15, 0.2) is 36.5 Å². The first-order valence-corrected chi connectivity index (χ1v) is 5.62. The Balaban J connectivity index is 2.34. The highest BCUT2D eigenvalue weighted by atomic mass is 79.9. The highest BCUT2D eigenvalue weighted by Gasteiger charge is 2.00. The molecular formula is C11H9BrN2O. The first-order valence-electron chi connectivity index (χ1n) is 4.50. The molecule has 0 aliphatic heterocycles.